The third-order valence-corrected chi connectivity index (χ3v) is 2.80. The Labute approximate surface area is 110 Å². The van der Waals surface area contributed by atoms with Gasteiger partial charge in [-0.2, -0.15) is 0 Å². The Bertz CT molecular complexity index is 583. The number of amides is 1. The Morgan fingerprint density at radius 3 is 2.63 bits per heavy atom. The number of halogens is 1. The molecule has 0 bridgehead atoms. The fourth-order valence-electron chi connectivity index (χ4n) is 1.72. The third-order valence-electron chi connectivity index (χ3n) is 2.80. The number of pyridine rings is 1. The van der Waals surface area contributed by atoms with Crippen LogP contribution in [0.4, 0.5) is 10.2 Å². The van der Waals surface area contributed by atoms with E-state index in [1.54, 1.807) is 24.3 Å². The Morgan fingerprint density at radius 1 is 1.32 bits per heavy atom. The lowest BCUT2D eigenvalue weighted by molar-refractivity contribution is 0.0940. The van der Waals surface area contributed by atoms with Gasteiger partial charge in [-0.3, -0.25) is 4.79 Å². The highest BCUT2D eigenvalue weighted by Crippen LogP contribution is 2.15. The van der Waals surface area contributed by atoms with Crippen LogP contribution in [0.15, 0.2) is 42.6 Å². The minimum atomic E-state index is -0.307. The van der Waals surface area contributed by atoms with E-state index in [0.29, 0.717) is 5.56 Å². The normalized spacial score (nSPS) is 11.9. The van der Waals surface area contributed by atoms with Crippen LogP contribution in [0.3, 0.4) is 0 Å². The van der Waals surface area contributed by atoms with Crippen molar-refractivity contribution in [3.05, 3.63) is 59.5 Å². The zero-order valence-corrected chi connectivity index (χ0v) is 10.4. The summed E-state index contributed by atoms with van der Waals surface area (Å²) in [7, 11) is 0. The van der Waals surface area contributed by atoms with Crippen molar-refractivity contribution < 1.29 is 9.18 Å². The van der Waals surface area contributed by atoms with E-state index >= 15 is 0 Å². The maximum atomic E-state index is 12.8. The smallest absolute Gasteiger partial charge is 0.255 e. The molecular formula is C14H14FN3O. The molecule has 2 aromatic rings. The quantitative estimate of drug-likeness (QED) is 0.888. The van der Waals surface area contributed by atoms with Crippen molar-refractivity contribution in [1.29, 1.82) is 0 Å². The van der Waals surface area contributed by atoms with E-state index in [9.17, 15) is 9.18 Å². The highest BCUT2D eigenvalue weighted by molar-refractivity contribution is 5.98. The van der Waals surface area contributed by atoms with Gasteiger partial charge < -0.3 is 11.1 Å². The molecule has 0 saturated heterocycles. The molecule has 4 nitrogen and oxygen atoms in total. The monoisotopic (exact) mass is 259 g/mol. The van der Waals surface area contributed by atoms with Gasteiger partial charge in [0.15, 0.2) is 0 Å². The summed E-state index contributed by atoms with van der Waals surface area (Å²) in [5, 5.41) is 2.79. The first-order valence-electron chi connectivity index (χ1n) is 5.84. The molecule has 0 fully saturated rings. The van der Waals surface area contributed by atoms with E-state index in [2.05, 4.69) is 10.3 Å². The molecule has 98 valence electrons. The van der Waals surface area contributed by atoms with Crippen molar-refractivity contribution in [3.63, 3.8) is 0 Å². The van der Waals surface area contributed by atoms with Gasteiger partial charge in [0.05, 0.1) is 11.6 Å². The molecule has 1 aromatic carbocycles. The molecule has 1 heterocycles. The van der Waals surface area contributed by atoms with Crippen molar-refractivity contribution in [3.8, 4) is 0 Å². The van der Waals surface area contributed by atoms with Crippen LogP contribution in [-0.2, 0) is 0 Å². The van der Waals surface area contributed by atoms with E-state index in [1.165, 1.54) is 18.3 Å². The highest BCUT2D eigenvalue weighted by atomic mass is 19.1. The van der Waals surface area contributed by atoms with Crippen LogP contribution in [-0.4, -0.2) is 10.9 Å². The van der Waals surface area contributed by atoms with E-state index in [4.69, 9.17) is 5.73 Å². The number of nitrogens with two attached hydrogens (primary N) is 1. The van der Waals surface area contributed by atoms with Gasteiger partial charge in [-0.05, 0) is 36.8 Å². The number of carbonyl (C=O) groups excluding carboxylic acids is 1. The van der Waals surface area contributed by atoms with E-state index in [-0.39, 0.29) is 23.6 Å². The number of nitrogens with zero attached hydrogens (tertiary/aromatic N) is 1. The van der Waals surface area contributed by atoms with Crippen LogP contribution in [0.2, 0.25) is 0 Å². The lowest BCUT2D eigenvalue weighted by Gasteiger charge is -2.14. The Kier molecular flexibility index (Phi) is 3.75. The minimum absolute atomic E-state index is 0.186. The number of anilines is 1. The van der Waals surface area contributed by atoms with Gasteiger partial charge in [0.1, 0.15) is 11.6 Å². The summed E-state index contributed by atoms with van der Waals surface area (Å²) in [6.45, 7) is 1.82. The van der Waals surface area contributed by atoms with E-state index in [0.717, 1.165) is 5.56 Å². The molecule has 0 spiro atoms. The molecule has 0 saturated carbocycles. The molecule has 0 aliphatic heterocycles. The third kappa shape index (κ3) is 3.07. The predicted octanol–water partition coefficient (Wildman–Crippen LogP) is 2.29. The Hall–Kier alpha value is -2.43. The zero-order chi connectivity index (χ0) is 13.8. The molecule has 1 atom stereocenters. The molecule has 0 aliphatic rings. The lowest BCUT2D eigenvalue weighted by Crippen LogP contribution is -2.27. The molecular weight excluding hydrogens is 245 g/mol. The molecule has 0 unspecified atom stereocenters. The zero-order valence-electron chi connectivity index (χ0n) is 10.4. The second-order valence-corrected chi connectivity index (χ2v) is 4.18. The number of rotatable bonds is 3. The number of hydrogen-bond donors (Lipinski definition) is 2. The Morgan fingerprint density at radius 2 is 2.00 bits per heavy atom. The fourth-order valence-corrected chi connectivity index (χ4v) is 1.72. The SMILES string of the molecule is C[C@@H](NC(=O)c1cccnc1N)c1ccc(F)cc1. The van der Waals surface area contributed by atoms with Crippen LogP contribution in [0.25, 0.3) is 0 Å². The van der Waals surface area contributed by atoms with E-state index in [1.807, 2.05) is 6.92 Å². The molecule has 19 heavy (non-hydrogen) atoms. The van der Waals surface area contributed by atoms with Crippen LogP contribution in [0, 0.1) is 5.82 Å². The lowest BCUT2D eigenvalue weighted by atomic mass is 10.1. The molecule has 0 radical (unpaired) electrons. The van der Waals surface area contributed by atoms with E-state index < -0.39 is 0 Å². The summed E-state index contributed by atoms with van der Waals surface area (Å²) in [6.07, 6.45) is 1.52. The predicted molar refractivity (Wildman–Crippen MR) is 70.9 cm³/mol. The van der Waals surface area contributed by atoms with Gasteiger partial charge in [0.25, 0.3) is 5.91 Å². The van der Waals surface area contributed by atoms with Crippen LogP contribution >= 0.6 is 0 Å². The van der Waals surface area contributed by atoms with Crippen molar-refractivity contribution in [1.82, 2.24) is 10.3 Å². The van der Waals surface area contributed by atoms with Crippen LogP contribution in [0.1, 0.15) is 28.9 Å². The Balaban J connectivity index is 2.11. The number of aromatic nitrogens is 1. The standard InChI is InChI=1S/C14H14FN3O/c1-9(10-4-6-11(15)7-5-10)18-14(19)12-3-2-8-17-13(12)16/h2-9H,1H3,(H2,16,17)(H,18,19)/t9-/m1/s1. The first-order valence-corrected chi connectivity index (χ1v) is 5.84. The van der Waals surface area contributed by atoms with Gasteiger partial charge in [0.2, 0.25) is 0 Å². The first kappa shape index (κ1) is 13.0. The summed E-state index contributed by atoms with van der Waals surface area (Å²) in [5.74, 6) is -0.424. The largest absolute Gasteiger partial charge is 0.383 e. The average Bonchev–Trinajstić information content (AvgIpc) is 2.39. The number of carbonyl (C=O) groups is 1. The van der Waals surface area contributed by atoms with Crippen molar-refractivity contribution >= 4 is 11.7 Å². The van der Waals surface area contributed by atoms with Crippen LogP contribution in [0.5, 0.6) is 0 Å². The molecule has 0 aliphatic carbocycles. The van der Waals surface area contributed by atoms with Crippen molar-refractivity contribution in [2.45, 2.75) is 13.0 Å². The second-order valence-electron chi connectivity index (χ2n) is 4.18. The summed E-state index contributed by atoms with van der Waals surface area (Å²) in [5.41, 5.74) is 6.78. The molecule has 5 heteroatoms. The summed E-state index contributed by atoms with van der Waals surface area (Å²) < 4.78 is 12.8. The number of nitrogens with one attached hydrogen (secondary N) is 1. The number of hydrogen-bond acceptors (Lipinski definition) is 3. The maximum Gasteiger partial charge on any atom is 0.255 e. The van der Waals surface area contributed by atoms with Gasteiger partial charge in [-0.25, -0.2) is 9.37 Å². The number of benzene rings is 1. The summed E-state index contributed by atoms with van der Waals surface area (Å²) in [6, 6.07) is 8.99. The van der Waals surface area contributed by atoms with Crippen molar-refractivity contribution in [2.75, 3.05) is 5.73 Å². The summed E-state index contributed by atoms with van der Waals surface area (Å²) >= 11 is 0. The van der Waals surface area contributed by atoms with Crippen LogP contribution < -0.4 is 11.1 Å². The number of nitrogen functional groups attached to an aromatic ring is 1. The molecule has 1 aromatic heterocycles. The van der Waals surface area contributed by atoms with Crippen molar-refractivity contribution in [2.24, 2.45) is 0 Å². The average molecular weight is 259 g/mol. The summed E-state index contributed by atoms with van der Waals surface area (Å²) in [4.78, 5) is 15.9. The first-order chi connectivity index (χ1) is 9.08. The fraction of sp³-hybridized carbons (Fsp3) is 0.143. The maximum absolute atomic E-state index is 12.8. The van der Waals surface area contributed by atoms with Gasteiger partial charge in [-0.1, -0.05) is 12.1 Å². The topological polar surface area (TPSA) is 68.0 Å². The minimum Gasteiger partial charge on any atom is -0.383 e. The molecule has 3 N–H and O–H groups in total. The second kappa shape index (κ2) is 5.48. The van der Waals surface area contributed by atoms with Gasteiger partial charge in [0, 0.05) is 6.20 Å². The molecule has 1 amide bonds. The van der Waals surface area contributed by atoms with Gasteiger partial charge in [-0.15, -0.1) is 0 Å². The van der Waals surface area contributed by atoms with Gasteiger partial charge >= 0.3 is 0 Å². The highest BCUT2D eigenvalue weighted by Gasteiger charge is 2.14. The molecule has 2 rings (SSSR count).